The number of rotatable bonds is 5. The number of carbonyl (C=O) groups excluding carboxylic acids is 1. The highest BCUT2D eigenvalue weighted by molar-refractivity contribution is 5.77. The first-order valence-electron chi connectivity index (χ1n) is 6.54. The Labute approximate surface area is 103 Å². The highest BCUT2D eigenvalue weighted by atomic mass is 16.5. The van der Waals surface area contributed by atoms with Crippen molar-refractivity contribution in [1.29, 1.82) is 0 Å². The molecule has 2 rings (SSSR count). The van der Waals surface area contributed by atoms with E-state index < -0.39 is 0 Å². The number of nitrogens with one attached hydrogen (secondary N) is 1. The number of ether oxygens (including phenoxy) is 1. The van der Waals surface area contributed by atoms with Crippen LogP contribution >= 0.6 is 0 Å². The summed E-state index contributed by atoms with van der Waals surface area (Å²) in [6.45, 7) is 5.08. The molecule has 5 heteroatoms. The van der Waals surface area contributed by atoms with E-state index in [1.807, 2.05) is 0 Å². The molecule has 1 saturated heterocycles. The molecule has 1 amide bonds. The quantitative estimate of drug-likeness (QED) is 0.693. The molecule has 2 unspecified atom stereocenters. The zero-order valence-electron chi connectivity index (χ0n) is 10.5. The van der Waals surface area contributed by atoms with Gasteiger partial charge in [-0.1, -0.05) is 0 Å². The van der Waals surface area contributed by atoms with Crippen LogP contribution in [0.1, 0.15) is 26.2 Å². The SMILES string of the molecule is CC1CN(C(CN)CC(=O)NC2CC2)CCO1. The summed E-state index contributed by atoms with van der Waals surface area (Å²) in [5, 5.41) is 3.02. The van der Waals surface area contributed by atoms with E-state index in [4.69, 9.17) is 10.5 Å². The Morgan fingerprint density at radius 3 is 2.94 bits per heavy atom. The Kier molecular flexibility index (Phi) is 4.36. The maximum atomic E-state index is 11.8. The first-order chi connectivity index (χ1) is 8.19. The van der Waals surface area contributed by atoms with Crippen LogP contribution in [0.15, 0.2) is 0 Å². The van der Waals surface area contributed by atoms with E-state index in [1.165, 1.54) is 0 Å². The molecular weight excluding hydrogens is 218 g/mol. The summed E-state index contributed by atoms with van der Waals surface area (Å²) in [6, 6.07) is 0.588. The Balaban J connectivity index is 1.79. The third-order valence-electron chi connectivity index (χ3n) is 3.42. The van der Waals surface area contributed by atoms with Gasteiger partial charge in [0, 0.05) is 38.1 Å². The number of nitrogens with two attached hydrogens (primary N) is 1. The summed E-state index contributed by atoms with van der Waals surface area (Å²) in [6.07, 6.45) is 3.02. The highest BCUT2D eigenvalue weighted by Gasteiger charge is 2.28. The lowest BCUT2D eigenvalue weighted by Crippen LogP contribution is -2.51. The molecule has 0 aromatic heterocycles. The maximum Gasteiger partial charge on any atom is 0.221 e. The van der Waals surface area contributed by atoms with E-state index in [2.05, 4.69) is 17.1 Å². The van der Waals surface area contributed by atoms with Crippen LogP contribution in [0.5, 0.6) is 0 Å². The number of hydrogen-bond acceptors (Lipinski definition) is 4. The lowest BCUT2D eigenvalue weighted by atomic mass is 10.1. The van der Waals surface area contributed by atoms with Crippen molar-refractivity contribution in [2.75, 3.05) is 26.2 Å². The number of amides is 1. The van der Waals surface area contributed by atoms with Crippen LogP contribution in [-0.4, -0.2) is 55.2 Å². The van der Waals surface area contributed by atoms with Gasteiger partial charge in [0.15, 0.2) is 0 Å². The van der Waals surface area contributed by atoms with Gasteiger partial charge in [0.05, 0.1) is 12.7 Å². The van der Waals surface area contributed by atoms with Crippen LogP contribution in [0.3, 0.4) is 0 Å². The van der Waals surface area contributed by atoms with Crippen molar-refractivity contribution in [3.8, 4) is 0 Å². The summed E-state index contributed by atoms with van der Waals surface area (Å²) in [5.74, 6) is 0.141. The van der Waals surface area contributed by atoms with Crippen LogP contribution in [0, 0.1) is 0 Å². The molecule has 1 aliphatic carbocycles. The van der Waals surface area contributed by atoms with Crippen LogP contribution in [0.2, 0.25) is 0 Å². The van der Waals surface area contributed by atoms with Gasteiger partial charge in [-0.05, 0) is 19.8 Å². The van der Waals surface area contributed by atoms with Crippen molar-refractivity contribution in [3.63, 3.8) is 0 Å². The molecule has 1 aliphatic heterocycles. The molecule has 2 fully saturated rings. The first kappa shape index (κ1) is 12.8. The van der Waals surface area contributed by atoms with E-state index in [0.29, 0.717) is 19.0 Å². The topological polar surface area (TPSA) is 67.6 Å². The standard InChI is InChI=1S/C12H23N3O2/c1-9-8-15(4-5-17-9)11(7-13)6-12(16)14-10-2-3-10/h9-11H,2-8,13H2,1H3,(H,14,16). The summed E-state index contributed by atoms with van der Waals surface area (Å²) >= 11 is 0. The van der Waals surface area contributed by atoms with E-state index in [1.54, 1.807) is 0 Å². The Morgan fingerprint density at radius 2 is 2.35 bits per heavy atom. The van der Waals surface area contributed by atoms with Crippen LogP contribution in [-0.2, 0) is 9.53 Å². The molecule has 2 aliphatic rings. The van der Waals surface area contributed by atoms with Gasteiger partial charge in [-0.3, -0.25) is 9.69 Å². The molecule has 98 valence electrons. The van der Waals surface area contributed by atoms with Gasteiger partial charge in [-0.15, -0.1) is 0 Å². The second-order valence-electron chi connectivity index (χ2n) is 5.11. The number of morpholine rings is 1. The minimum atomic E-state index is 0.141. The fourth-order valence-corrected chi connectivity index (χ4v) is 2.27. The van der Waals surface area contributed by atoms with Gasteiger partial charge >= 0.3 is 0 Å². The molecule has 0 spiro atoms. The van der Waals surface area contributed by atoms with Crippen LogP contribution in [0.25, 0.3) is 0 Å². The normalized spacial score (nSPS) is 27.8. The smallest absolute Gasteiger partial charge is 0.221 e. The van der Waals surface area contributed by atoms with E-state index in [0.717, 1.165) is 32.5 Å². The molecule has 3 N–H and O–H groups in total. The minimum Gasteiger partial charge on any atom is -0.376 e. The van der Waals surface area contributed by atoms with Gasteiger partial charge in [-0.25, -0.2) is 0 Å². The van der Waals surface area contributed by atoms with Crippen LogP contribution in [0.4, 0.5) is 0 Å². The largest absolute Gasteiger partial charge is 0.376 e. The molecule has 0 aromatic carbocycles. The molecule has 0 aromatic rings. The van der Waals surface area contributed by atoms with Crippen molar-refractivity contribution in [2.45, 2.75) is 44.4 Å². The zero-order valence-corrected chi connectivity index (χ0v) is 10.5. The van der Waals surface area contributed by atoms with Gasteiger partial charge in [0.25, 0.3) is 0 Å². The van der Waals surface area contributed by atoms with Gasteiger partial charge in [0.2, 0.25) is 5.91 Å². The fourth-order valence-electron chi connectivity index (χ4n) is 2.27. The second kappa shape index (κ2) is 5.80. The lowest BCUT2D eigenvalue weighted by Gasteiger charge is -2.36. The number of carbonyl (C=O) groups is 1. The summed E-state index contributed by atoms with van der Waals surface area (Å²) in [5.41, 5.74) is 5.78. The van der Waals surface area contributed by atoms with Crippen molar-refractivity contribution in [3.05, 3.63) is 0 Å². The van der Waals surface area contributed by atoms with Gasteiger partial charge < -0.3 is 15.8 Å². The third-order valence-corrected chi connectivity index (χ3v) is 3.42. The minimum absolute atomic E-state index is 0.141. The van der Waals surface area contributed by atoms with E-state index in [9.17, 15) is 4.79 Å². The van der Waals surface area contributed by atoms with Crippen molar-refractivity contribution in [2.24, 2.45) is 5.73 Å². The van der Waals surface area contributed by atoms with Crippen LogP contribution < -0.4 is 11.1 Å². The summed E-state index contributed by atoms with van der Waals surface area (Å²) in [4.78, 5) is 14.0. The summed E-state index contributed by atoms with van der Waals surface area (Å²) < 4.78 is 5.50. The van der Waals surface area contributed by atoms with Crippen molar-refractivity contribution in [1.82, 2.24) is 10.2 Å². The van der Waals surface area contributed by atoms with E-state index >= 15 is 0 Å². The highest BCUT2D eigenvalue weighted by Crippen LogP contribution is 2.19. The van der Waals surface area contributed by atoms with Crippen molar-refractivity contribution < 1.29 is 9.53 Å². The first-order valence-corrected chi connectivity index (χ1v) is 6.54. The average molecular weight is 241 g/mol. The lowest BCUT2D eigenvalue weighted by molar-refractivity contribution is -0.123. The molecule has 0 radical (unpaired) electrons. The molecule has 2 atom stereocenters. The second-order valence-corrected chi connectivity index (χ2v) is 5.11. The molecule has 17 heavy (non-hydrogen) atoms. The average Bonchev–Trinajstić information content (AvgIpc) is 3.09. The Hall–Kier alpha value is -0.650. The molecule has 5 nitrogen and oxygen atoms in total. The number of hydrogen-bond donors (Lipinski definition) is 2. The van der Waals surface area contributed by atoms with Gasteiger partial charge in [0.1, 0.15) is 0 Å². The van der Waals surface area contributed by atoms with E-state index in [-0.39, 0.29) is 18.1 Å². The third kappa shape index (κ3) is 3.94. The molecule has 1 saturated carbocycles. The Bertz CT molecular complexity index is 268. The van der Waals surface area contributed by atoms with Gasteiger partial charge in [-0.2, -0.15) is 0 Å². The predicted molar refractivity (Wildman–Crippen MR) is 65.6 cm³/mol. The van der Waals surface area contributed by atoms with Crippen molar-refractivity contribution >= 4 is 5.91 Å². The Morgan fingerprint density at radius 1 is 1.59 bits per heavy atom. The monoisotopic (exact) mass is 241 g/mol. The fraction of sp³-hybridized carbons (Fsp3) is 0.917. The number of nitrogens with zero attached hydrogens (tertiary/aromatic N) is 1. The summed E-state index contributed by atoms with van der Waals surface area (Å²) in [7, 11) is 0. The predicted octanol–water partition coefficient (Wildman–Crippen LogP) is -0.297. The molecule has 0 bridgehead atoms. The molecular formula is C12H23N3O2. The maximum absolute atomic E-state index is 11.8. The molecule has 1 heterocycles. The zero-order chi connectivity index (χ0) is 12.3.